The molecule has 5 rings (SSSR count). The third-order valence-corrected chi connectivity index (χ3v) is 6.44. The van der Waals surface area contributed by atoms with Gasteiger partial charge in [0, 0.05) is 69.8 Å². The second-order valence-corrected chi connectivity index (χ2v) is 8.64. The molecule has 0 atom stereocenters. The first-order valence-electron chi connectivity index (χ1n) is 11.6. The summed E-state index contributed by atoms with van der Waals surface area (Å²) in [5.41, 5.74) is 6.28. The van der Waals surface area contributed by atoms with Gasteiger partial charge in [0.25, 0.3) is 0 Å². The van der Waals surface area contributed by atoms with Gasteiger partial charge >= 0.3 is 0 Å². The SMILES string of the molecule is CN1CCN(c2ccc(-c3cc(NCCN4CCOCC4)c4ncccc4n3)cc2)CC1. The number of anilines is 2. The summed E-state index contributed by atoms with van der Waals surface area (Å²) < 4.78 is 5.45. The van der Waals surface area contributed by atoms with Gasteiger partial charge in [0.2, 0.25) is 0 Å². The molecule has 32 heavy (non-hydrogen) atoms. The van der Waals surface area contributed by atoms with E-state index in [0.717, 1.165) is 93.5 Å². The van der Waals surface area contributed by atoms with Crippen LogP contribution in [0.4, 0.5) is 11.4 Å². The van der Waals surface area contributed by atoms with Gasteiger partial charge in [-0.3, -0.25) is 9.88 Å². The van der Waals surface area contributed by atoms with E-state index in [4.69, 9.17) is 9.72 Å². The Bertz CT molecular complexity index is 1030. The van der Waals surface area contributed by atoms with Crippen LogP contribution < -0.4 is 10.2 Å². The average Bonchev–Trinajstić information content (AvgIpc) is 2.85. The van der Waals surface area contributed by atoms with Crippen LogP contribution in [-0.4, -0.2) is 92.4 Å². The van der Waals surface area contributed by atoms with Gasteiger partial charge in [-0.25, -0.2) is 4.98 Å². The van der Waals surface area contributed by atoms with E-state index in [-0.39, 0.29) is 0 Å². The second-order valence-electron chi connectivity index (χ2n) is 8.64. The fourth-order valence-corrected chi connectivity index (χ4v) is 4.43. The Morgan fingerprint density at radius 1 is 0.969 bits per heavy atom. The lowest BCUT2D eigenvalue weighted by Crippen LogP contribution is -2.44. The van der Waals surface area contributed by atoms with E-state index in [0.29, 0.717) is 0 Å². The number of likely N-dealkylation sites (N-methyl/N-ethyl adjacent to an activating group) is 1. The zero-order valence-electron chi connectivity index (χ0n) is 18.8. The molecule has 2 aliphatic heterocycles. The largest absolute Gasteiger partial charge is 0.382 e. The lowest BCUT2D eigenvalue weighted by Gasteiger charge is -2.34. The smallest absolute Gasteiger partial charge is 0.112 e. The minimum Gasteiger partial charge on any atom is -0.382 e. The molecule has 7 heteroatoms. The molecule has 4 heterocycles. The number of piperazine rings is 1. The van der Waals surface area contributed by atoms with Crippen molar-refractivity contribution in [2.24, 2.45) is 0 Å². The summed E-state index contributed by atoms with van der Waals surface area (Å²) >= 11 is 0. The number of rotatable bonds is 6. The van der Waals surface area contributed by atoms with Gasteiger partial charge in [0.05, 0.1) is 30.1 Å². The molecule has 1 aromatic carbocycles. The first kappa shape index (κ1) is 21.1. The molecule has 2 fully saturated rings. The van der Waals surface area contributed by atoms with Crippen LogP contribution in [0.5, 0.6) is 0 Å². The molecule has 0 bridgehead atoms. The van der Waals surface area contributed by atoms with E-state index in [1.807, 2.05) is 18.3 Å². The monoisotopic (exact) mass is 432 g/mol. The number of nitrogens with zero attached hydrogens (tertiary/aromatic N) is 5. The molecule has 0 spiro atoms. The third-order valence-electron chi connectivity index (χ3n) is 6.44. The van der Waals surface area contributed by atoms with Gasteiger partial charge in [-0.05, 0) is 37.4 Å². The Balaban J connectivity index is 1.34. The standard InChI is InChI=1S/C25H32N6O/c1-29-11-13-31(14-12-29)21-6-4-20(5-7-21)23-19-24(25-22(28-23)3-2-8-27-25)26-9-10-30-15-17-32-18-16-30/h2-8,19H,9-18H2,1H3,(H,26,28). The molecule has 7 nitrogen and oxygen atoms in total. The fraction of sp³-hybridized carbons (Fsp3) is 0.440. The molecule has 0 unspecified atom stereocenters. The third kappa shape index (κ3) is 4.85. The van der Waals surface area contributed by atoms with E-state index < -0.39 is 0 Å². The summed E-state index contributed by atoms with van der Waals surface area (Å²) in [6.45, 7) is 9.90. The first-order chi connectivity index (χ1) is 15.8. The van der Waals surface area contributed by atoms with Crippen molar-refractivity contribution in [3.8, 4) is 11.3 Å². The summed E-state index contributed by atoms with van der Waals surface area (Å²) in [5, 5.41) is 3.61. The molecule has 3 aromatic rings. The van der Waals surface area contributed by atoms with Crippen molar-refractivity contribution >= 4 is 22.4 Å². The van der Waals surface area contributed by atoms with Crippen LogP contribution in [0.15, 0.2) is 48.7 Å². The van der Waals surface area contributed by atoms with Crippen molar-refractivity contribution < 1.29 is 4.74 Å². The average molecular weight is 433 g/mol. The minimum atomic E-state index is 0.827. The molecule has 0 aliphatic carbocycles. The van der Waals surface area contributed by atoms with E-state index in [1.165, 1.54) is 5.69 Å². The van der Waals surface area contributed by atoms with Crippen LogP contribution in [0.3, 0.4) is 0 Å². The Labute approximate surface area is 190 Å². The van der Waals surface area contributed by atoms with Crippen molar-refractivity contribution in [2.45, 2.75) is 0 Å². The number of benzene rings is 1. The second kappa shape index (κ2) is 9.81. The van der Waals surface area contributed by atoms with Crippen LogP contribution in [0, 0.1) is 0 Å². The van der Waals surface area contributed by atoms with Crippen molar-refractivity contribution in [3.63, 3.8) is 0 Å². The molecule has 2 saturated heterocycles. The van der Waals surface area contributed by atoms with Gasteiger partial charge in [0.1, 0.15) is 5.52 Å². The zero-order valence-corrected chi connectivity index (χ0v) is 18.8. The van der Waals surface area contributed by atoms with Crippen molar-refractivity contribution in [1.82, 2.24) is 19.8 Å². The summed E-state index contributed by atoms with van der Waals surface area (Å²) in [7, 11) is 2.19. The molecule has 1 N–H and O–H groups in total. The van der Waals surface area contributed by atoms with Crippen LogP contribution in [-0.2, 0) is 4.74 Å². The summed E-state index contributed by atoms with van der Waals surface area (Å²) in [5.74, 6) is 0. The Hall–Kier alpha value is -2.74. The minimum absolute atomic E-state index is 0.827. The predicted octanol–water partition coefficient (Wildman–Crippen LogP) is 2.79. The van der Waals surface area contributed by atoms with Crippen LogP contribution in [0.1, 0.15) is 0 Å². The molecule has 2 aliphatic rings. The maximum Gasteiger partial charge on any atom is 0.112 e. The first-order valence-corrected chi connectivity index (χ1v) is 11.6. The molecular weight excluding hydrogens is 400 g/mol. The van der Waals surface area contributed by atoms with Gasteiger partial charge < -0.3 is 19.9 Å². The van der Waals surface area contributed by atoms with E-state index in [1.54, 1.807) is 0 Å². The van der Waals surface area contributed by atoms with E-state index in [9.17, 15) is 0 Å². The highest BCUT2D eigenvalue weighted by Gasteiger charge is 2.15. The fourth-order valence-electron chi connectivity index (χ4n) is 4.43. The topological polar surface area (TPSA) is 56.8 Å². The number of aromatic nitrogens is 2. The number of morpholine rings is 1. The summed E-state index contributed by atoms with van der Waals surface area (Å²) in [4.78, 5) is 16.8. The maximum atomic E-state index is 5.45. The number of pyridine rings is 2. The summed E-state index contributed by atoms with van der Waals surface area (Å²) in [6.07, 6.45) is 1.84. The van der Waals surface area contributed by atoms with Crippen LogP contribution in [0.2, 0.25) is 0 Å². The highest BCUT2D eigenvalue weighted by atomic mass is 16.5. The van der Waals surface area contributed by atoms with Gasteiger partial charge in [-0.1, -0.05) is 12.1 Å². The van der Waals surface area contributed by atoms with Gasteiger partial charge in [-0.2, -0.15) is 0 Å². The van der Waals surface area contributed by atoms with Crippen molar-refractivity contribution in [2.75, 3.05) is 82.8 Å². The van der Waals surface area contributed by atoms with Crippen LogP contribution in [0.25, 0.3) is 22.3 Å². The lowest BCUT2D eigenvalue weighted by atomic mass is 10.1. The molecular formula is C25H32N6O. The van der Waals surface area contributed by atoms with E-state index in [2.05, 4.69) is 62.4 Å². The molecule has 0 amide bonds. The quantitative estimate of drug-likeness (QED) is 0.643. The normalized spacial score (nSPS) is 18.2. The number of hydrogen-bond acceptors (Lipinski definition) is 7. The maximum absolute atomic E-state index is 5.45. The number of fused-ring (bicyclic) bond motifs is 1. The highest BCUT2D eigenvalue weighted by Crippen LogP contribution is 2.28. The Morgan fingerprint density at radius 3 is 2.53 bits per heavy atom. The van der Waals surface area contributed by atoms with Crippen molar-refractivity contribution in [1.29, 1.82) is 0 Å². The number of nitrogens with one attached hydrogen (secondary N) is 1. The van der Waals surface area contributed by atoms with Gasteiger partial charge in [-0.15, -0.1) is 0 Å². The zero-order chi connectivity index (χ0) is 21.8. The molecule has 0 saturated carbocycles. The Morgan fingerprint density at radius 2 is 1.75 bits per heavy atom. The van der Waals surface area contributed by atoms with Gasteiger partial charge in [0.15, 0.2) is 0 Å². The number of ether oxygens (including phenoxy) is 1. The lowest BCUT2D eigenvalue weighted by molar-refractivity contribution is 0.0398. The van der Waals surface area contributed by atoms with Crippen LogP contribution >= 0.6 is 0 Å². The highest BCUT2D eigenvalue weighted by molar-refractivity contribution is 5.90. The van der Waals surface area contributed by atoms with E-state index >= 15 is 0 Å². The molecule has 0 radical (unpaired) electrons. The number of hydrogen-bond donors (Lipinski definition) is 1. The Kier molecular flexibility index (Phi) is 6.48. The molecule has 2 aromatic heterocycles. The predicted molar refractivity (Wildman–Crippen MR) is 130 cm³/mol. The molecule has 168 valence electrons. The van der Waals surface area contributed by atoms with Crippen molar-refractivity contribution in [3.05, 3.63) is 48.7 Å². The summed E-state index contributed by atoms with van der Waals surface area (Å²) in [6, 6.07) is 15.0.